The van der Waals surface area contributed by atoms with Crippen molar-refractivity contribution in [3.63, 3.8) is 0 Å². The Hall–Kier alpha value is -3.17. The number of aliphatic hydroxyl groups excluding tert-OH is 1. The molecule has 0 aromatic heterocycles. The van der Waals surface area contributed by atoms with Gasteiger partial charge in [0.15, 0.2) is 0 Å². The van der Waals surface area contributed by atoms with Crippen LogP contribution in [0.15, 0.2) is 42.5 Å². The molecular weight excluding hydrogens is 407 g/mol. The van der Waals surface area contributed by atoms with Crippen molar-refractivity contribution in [3.05, 3.63) is 53.8 Å². The fraction of sp³-hybridized carbons (Fsp3) is 0.364. The van der Waals surface area contributed by atoms with E-state index in [0.29, 0.717) is 17.9 Å². The second-order valence-corrected chi connectivity index (χ2v) is 7.50. The summed E-state index contributed by atoms with van der Waals surface area (Å²) in [7, 11) is 1.32. The second-order valence-electron chi connectivity index (χ2n) is 7.50. The number of amides is 2. The summed E-state index contributed by atoms with van der Waals surface area (Å²) in [5, 5.41) is 14.9. The normalized spacial score (nSPS) is 23.8. The van der Waals surface area contributed by atoms with Gasteiger partial charge >= 0.3 is 12.0 Å². The monoisotopic (exact) mass is 430 g/mol. The highest BCUT2D eigenvalue weighted by Gasteiger charge is 2.46. The number of ether oxygens (including phenoxy) is 3. The molecule has 0 unspecified atom stereocenters. The van der Waals surface area contributed by atoms with E-state index in [0.717, 1.165) is 5.56 Å². The summed E-state index contributed by atoms with van der Waals surface area (Å²) >= 11 is 0. The highest BCUT2D eigenvalue weighted by molar-refractivity contribution is 5.99. The number of anilines is 2. The first-order chi connectivity index (χ1) is 15.0. The molecule has 31 heavy (non-hydrogen) atoms. The van der Waals surface area contributed by atoms with Gasteiger partial charge < -0.3 is 30.0 Å². The molecule has 164 valence electrons. The van der Waals surface area contributed by atoms with Gasteiger partial charge in [0.1, 0.15) is 23.8 Å². The third-order valence-electron chi connectivity index (χ3n) is 5.50. The average Bonchev–Trinajstić information content (AvgIpc) is 3.12. The zero-order valence-corrected chi connectivity index (χ0v) is 16.8. The molecule has 9 heteroatoms. The number of rotatable bonds is 5. The van der Waals surface area contributed by atoms with Crippen molar-refractivity contribution in [2.75, 3.05) is 24.4 Å². The summed E-state index contributed by atoms with van der Waals surface area (Å²) in [4.78, 5) is 24.0. The highest BCUT2D eigenvalue weighted by Crippen LogP contribution is 2.47. The van der Waals surface area contributed by atoms with Gasteiger partial charge in [0, 0.05) is 17.2 Å². The lowest BCUT2D eigenvalue weighted by Gasteiger charge is -2.36. The van der Waals surface area contributed by atoms with Gasteiger partial charge in [-0.15, -0.1) is 0 Å². The molecule has 0 bridgehead atoms. The SMILES string of the molecule is COC(=O)C[C@H]1C[C@@H]2c3cc(NC(=O)Nc4ccccc4F)ccc3O[C@@H]2[C@H](CO)O1. The molecule has 2 heterocycles. The summed E-state index contributed by atoms with van der Waals surface area (Å²) < 4.78 is 30.3. The molecule has 1 fully saturated rings. The third-order valence-corrected chi connectivity index (χ3v) is 5.50. The molecule has 2 aliphatic heterocycles. The number of hydrogen-bond donors (Lipinski definition) is 3. The van der Waals surface area contributed by atoms with E-state index < -0.39 is 30.2 Å². The molecular formula is C22H23FN2O6. The Kier molecular flexibility index (Phi) is 6.06. The van der Waals surface area contributed by atoms with Gasteiger partial charge in [-0.2, -0.15) is 0 Å². The van der Waals surface area contributed by atoms with E-state index in [1.165, 1.54) is 25.3 Å². The fourth-order valence-electron chi connectivity index (χ4n) is 4.08. The van der Waals surface area contributed by atoms with Crippen LogP contribution in [-0.4, -0.2) is 49.1 Å². The van der Waals surface area contributed by atoms with E-state index in [4.69, 9.17) is 14.2 Å². The lowest BCUT2D eigenvalue weighted by molar-refractivity contribution is -0.156. The maximum Gasteiger partial charge on any atom is 0.323 e. The first kappa shape index (κ1) is 21.1. The standard InChI is InChI=1S/C22H23FN2O6/c1-29-20(27)10-13-9-15-14-8-12(6-7-18(14)31-21(15)19(11-26)30-13)24-22(28)25-17-5-3-2-4-16(17)23/h2-8,13,15,19,21,26H,9-11H2,1H3,(H2,24,25,28)/t13-,15-,19+,21+/m1/s1. The van der Waals surface area contributed by atoms with Crippen molar-refractivity contribution in [2.45, 2.75) is 37.1 Å². The van der Waals surface area contributed by atoms with Crippen LogP contribution >= 0.6 is 0 Å². The van der Waals surface area contributed by atoms with Gasteiger partial charge in [-0.05, 0) is 36.8 Å². The van der Waals surface area contributed by atoms with Crippen LogP contribution in [-0.2, 0) is 14.3 Å². The van der Waals surface area contributed by atoms with Crippen LogP contribution in [0.4, 0.5) is 20.6 Å². The van der Waals surface area contributed by atoms with Gasteiger partial charge in [-0.3, -0.25) is 4.79 Å². The number of carbonyl (C=O) groups excluding carboxylic acids is 2. The van der Waals surface area contributed by atoms with Crippen molar-refractivity contribution in [1.82, 2.24) is 0 Å². The Bertz CT molecular complexity index is 984. The van der Waals surface area contributed by atoms with E-state index in [-0.39, 0.29) is 30.6 Å². The van der Waals surface area contributed by atoms with Crippen LogP contribution in [0.1, 0.15) is 24.3 Å². The lowest BCUT2D eigenvalue weighted by Crippen LogP contribution is -2.46. The Labute approximate surface area is 178 Å². The number of halogens is 1. The van der Waals surface area contributed by atoms with E-state index in [9.17, 15) is 19.1 Å². The molecule has 3 N–H and O–H groups in total. The third kappa shape index (κ3) is 4.47. The first-order valence-electron chi connectivity index (χ1n) is 9.94. The first-order valence-corrected chi connectivity index (χ1v) is 9.94. The second kappa shape index (κ2) is 8.91. The molecule has 2 aromatic carbocycles. The Morgan fingerprint density at radius 2 is 2.03 bits per heavy atom. The number of para-hydroxylation sites is 1. The van der Waals surface area contributed by atoms with E-state index in [2.05, 4.69) is 10.6 Å². The maximum atomic E-state index is 13.8. The van der Waals surface area contributed by atoms with Gasteiger partial charge in [-0.1, -0.05) is 12.1 Å². The van der Waals surface area contributed by atoms with Crippen molar-refractivity contribution < 1.29 is 33.3 Å². The predicted octanol–water partition coefficient (Wildman–Crippen LogP) is 3.03. The number of urea groups is 1. The Morgan fingerprint density at radius 1 is 1.23 bits per heavy atom. The molecule has 0 radical (unpaired) electrons. The van der Waals surface area contributed by atoms with Crippen LogP contribution in [0, 0.1) is 5.82 Å². The van der Waals surface area contributed by atoms with E-state index >= 15 is 0 Å². The fourth-order valence-corrected chi connectivity index (χ4v) is 4.08. The number of esters is 1. The number of aliphatic hydroxyl groups is 1. The van der Waals surface area contributed by atoms with Gasteiger partial charge in [0.05, 0.1) is 31.9 Å². The molecule has 4 atom stereocenters. The number of fused-ring (bicyclic) bond motifs is 3. The summed E-state index contributed by atoms with van der Waals surface area (Å²) in [6.45, 7) is -0.247. The quantitative estimate of drug-likeness (QED) is 0.630. The summed E-state index contributed by atoms with van der Waals surface area (Å²) in [6.07, 6.45) is -0.804. The molecule has 2 aliphatic rings. The van der Waals surface area contributed by atoms with E-state index in [1.54, 1.807) is 24.3 Å². The smallest absolute Gasteiger partial charge is 0.323 e. The molecule has 4 rings (SSSR count). The number of methoxy groups -OCH3 is 1. The van der Waals surface area contributed by atoms with Crippen molar-refractivity contribution in [1.29, 1.82) is 0 Å². The average molecular weight is 430 g/mol. The number of nitrogens with one attached hydrogen (secondary N) is 2. The zero-order chi connectivity index (χ0) is 22.0. The number of carbonyl (C=O) groups is 2. The van der Waals surface area contributed by atoms with Crippen molar-refractivity contribution >= 4 is 23.4 Å². The van der Waals surface area contributed by atoms with Gasteiger partial charge in [-0.25, -0.2) is 9.18 Å². The number of benzene rings is 2. The van der Waals surface area contributed by atoms with E-state index in [1.807, 2.05) is 0 Å². The minimum absolute atomic E-state index is 0.0745. The lowest BCUT2D eigenvalue weighted by atomic mass is 9.84. The predicted molar refractivity (Wildman–Crippen MR) is 110 cm³/mol. The minimum Gasteiger partial charge on any atom is -0.487 e. The molecule has 0 spiro atoms. The van der Waals surface area contributed by atoms with Gasteiger partial charge in [0.25, 0.3) is 0 Å². The van der Waals surface area contributed by atoms with Gasteiger partial charge in [0.2, 0.25) is 0 Å². The Balaban J connectivity index is 1.49. The van der Waals surface area contributed by atoms with Crippen LogP contribution < -0.4 is 15.4 Å². The maximum absolute atomic E-state index is 13.8. The van der Waals surface area contributed by atoms with Crippen LogP contribution in [0.25, 0.3) is 0 Å². The zero-order valence-electron chi connectivity index (χ0n) is 16.8. The summed E-state index contributed by atoms with van der Waals surface area (Å²) in [5.41, 5.74) is 1.43. The molecule has 2 aromatic rings. The van der Waals surface area contributed by atoms with Crippen molar-refractivity contribution in [2.24, 2.45) is 0 Å². The minimum atomic E-state index is -0.582. The van der Waals surface area contributed by atoms with Crippen LogP contribution in [0.3, 0.4) is 0 Å². The van der Waals surface area contributed by atoms with Crippen LogP contribution in [0.5, 0.6) is 5.75 Å². The van der Waals surface area contributed by atoms with Crippen molar-refractivity contribution in [3.8, 4) is 5.75 Å². The largest absolute Gasteiger partial charge is 0.487 e. The topological polar surface area (TPSA) is 106 Å². The molecule has 2 amide bonds. The number of hydrogen-bond acceptors (Lipinski definition) is 6. The molecule has 8 nitrogen and oxygen atoms in total. The molecule has 0 saturated carbocycles. The summed E-state index contributed by atoms with van der Waals surface area (Å²) in [6, 6.07) is 10.5. The molecule has 1 saturated heterocycles. The Morgan fingerprint density at radius 3 is 2.77 bits per heavy atom. The molecule has 0 aliphatic carbocycles. The summed E-state index contributed by atoms with van der Waals surface area (Å²) in [5.74, 6) is -0.404. The highest BCUT2D eigenvalue weighted by atomic mass is 19.1. The van der Waals surface area contributed by atoms with Crippen LogP contribution in [0.2, 0.25) is 0 Å².